The number of likely N-dealkylation sites (tertiary alicyclic amines) is 1. The molecule has 1 fully saturated rings. The maximum atomic E-state index is 12.2. The second-order valence-corrected chi connectivity index (χ2v) is 7.83. The van der Waals surface area contributed by atoms with Crippen molar-refractivity contribution in [2.45, 2.75) is 23.8 Å². The van der Waals surface area contributed by atoms with Crippen LogP contribution in [0.3, 0.4) is 0 Å². The van der Waals surface area contributed by atoms with Gasteiger partial charge in [-0.2, -0.15) is 0 Å². The molecule has 1 N–H and O–H groups in total. The number of nitrogens with zero attached hydrogens (tertiary/aromatic N) is 1. The summed E-state index contributed by atoms with van der Waals surface area (Å²) in [6.07, 6.45) is 1.39. The molecule has 110 valence electrons. The van der Waals surface area contributed by atoms with E-state index in [-0.39, 0.29) is 17.2 Å². The third-order valence-corrected chi connectivity index (χ3v) is 5.64. The van der Waals surface area contributed by atoms with Gasteiger partial charge in [0.1, 0.15) is 6.04 Å². The number of hydrogen-bond donors (Lipinski definition) is 1. The smallest absolute Gasteiger partial charge is 0.320 e. The molecule has 0 unspecified atom stereocenters. The molecule has 1 heterocycles. The van der Waals surface area contributed by atoms with Gasteiger partial charge in [-0.15, -0.1) is 0 Å². The van der Waals surface area contributed by atoms with Crippen molar-refractivity contribution in [1.29, 1.82) is 0 Å². The lowest BCUT2D eigenvalue weighted by atomic mass is 10.2. The van der Waals surface area contributed by atoms with E-state index in [1.807, 2.05) is 0 Å². The summed E-state index contributed by atoms with van der Waals surface area (Å²) in [5, 5.41) is 9.07. The van der Waals surface area contributed by atoms with Gasteiger partial charge < -0.3 is 5.11 Å². The van der Waals surface area contributed by atoms with Crippen LogP contribution in [0.25, 0.3) is 0 Å². The Labute approximate surface area is 126 Å². The van der Waals surface area contributed by atoms with Crippen LogP contribution in [-0.2, 0) is 14.6 Å². The third-order valence-electron chi connectivity index (χ3n) is 3.45. The molecule has 1 aromatic rings. The Balaban J connectivity index is 2.04. The Morgan fingerprint density at radius 1 is 1.45 bits per heavy atom. The summed E-state index contributed by atoms with van der Waals surface area (Å²) < 4.78 is 25.2. The first-order valence-electron chi connectivity index (χ1n) is 6.35. The average Bonchev–Trinajstić information content (AvgIpc) is 2.85. The van der Waals surface area contributed by atoms with E-state index >= 15 is 0 Å². The van der Waals surface area contributed by atoms with E-state index in [9.17, 15) is 13.2 Å². The van der Waals surface area contributed by atoms with Crippen molar-refractivity contribution in [3.63, 3.8) is 0 Å². The maximum absolute atomic E-state index is 12.2. The molecule has 5 nitrogen and oxygen atoms in total. The molecule has 2 rings (SSSR count). The summed E-state index contributed by atoms with van der Waals surface area (Å²) in [6, 6.07) is 6.01. The van der Waals surface area contributed by atoms with Crippen LogP contribution < -0.4 is 0 Å². The molecule has 1 aromatic carbocycles. The minimum atomic E-state index is -3.38. The molecule has 0 aromatic heterocycles. The van der Waals surface area contributed by atoms with Crippen molar-refractivity contribution in [2.75, 3.05) is 18.8 Å². The normalized spacial score (nSPS) is 20.1. The fraction of sp³-hybridized carbons (Fsp3) is 0.462. The van der Waals surface area contributed by atoms with E-state index in [0.29, 0.717) is 17.4 Å². The lowest BCUT2D eigenvalue weighted by molar-refractivity contribution is -0.142. The van der Waals surface area contributed by atoms with Crippen molar-refractivity contribution >= 4 is 31.7 Å². The number of carbonyl (C=O) groups is 1. The van der Waals surface area contributed by atoms with Gasteiger partial charge in [0.05, 0.1) is 10.6 Å². The molecule has 20 heavy (non-hydrogen) atoms. The van der Waals surface area contributed by atoms with Gasteiger partial charge in [0, 0.05) is 11.0 Å². The monoisotopic (exact) mass is 361 g/mol. The number of carboxylic acids is 1. The van der Waals surface area contributed by atoms with Crippen molar-refractivity contribution in [3.05, 3.63) is 28.7 Å². The van der Waals surface area contributed by atoms with Gasteiger partial charge in [-0.05, 0) is 37.6 Å². The summed E-state index contributed by atoms with van der Waals surface area (Å²) in [7, 11) is -3.38. The first-order chi connectivity index (χ1) is 9.40. The van der Waals surface area contributed by atoms with E-state index in [1.54, 1.807) is 29.2 Å². The summed E-state index contributed by atoms with van der Waals surface area (Å²) in [5.74, 6) is -0.935. The SMILES string of the molecule is O=C(O)[C@@H]1CCCN1CCS(=O)(=O)c1cccc(Br)c1. The molecule has 1 atom stereocenters. The zero-order valence-corrected chi connectivity index (χ0v) is 13.2. The highest BCUT2D eigenvalue weighted by Crippen LogP contribution is 2.20. The summed E-state index contributed by atoms with van der Waals surface area (Å²) in [4.78, 5) is 13.0. The Hall–Kier alpha value is -0.920. The van der Waals surface area contributed by atoms with Crippen LogP contribution in [0.4, 0.5) is 0 Å². The van der Waals surface area contributed by atoms with Gasteiger partial charge in [-0.3, -0.25) is 9.69 Å². The number of aliphatic carboxylic acids is 1. The van der Waals surface area contributed by atoms with Crippen molar-refractivity contribution in [2.24, 2.45) is 0 Å². The van der Waals surface area contributed by atoms with Gasteiger partial charge in [0.15, 0.2) is 9.84 Å². The summed E-state index contributed by atoms with van der Waals surface area (Å²) >= 11 is 3.25. The highest BCUT2D eigenvalue weighted by atomic mass is 79.9. The second kappa shape index (κ2) is 6.24. The number of halogens is 1. The average molecular weight is 362 g/mol. The summed E-state index contributed by atoms with van der Waals surface area (Å²) in [6.45, 7) is 0.900. The molecule has 7 heteroatoms. The Morgan fingerprint density at radius 3 is 2.85 bits per heavy atom. The number of benzene rings is 1. The van der Waals surface area contributed by atoms with Crippen LogP contribution in [0.5, 0.6) is 0 Å². The molecule has 1 aliphatic heterocycles. The van der Waals surface area contributed by atoms with E-state index in [1.165, 1.54) is 0 Å². The molecule has 0 radical (unpaired) electrons. The van der Waals surface area contributed by atoms with Gasteiger partial charge in [0.2, 0.25) is 0 Å². The molecule has 0 spiro atoms. The van der Waals surface area contributed by atoms with Gasteiger partial charge in [-0.25, -0.2) is 8.42 Å². The lowest BCUT2D eigenvalue weighted by Crippen LogP contribution is -2.38. The van der Waals surface area contributed by atoms with E-state index in [2.05, 4.69) is 15.9 Å². The van der Waals surface area contributed by atoms with Crippen molar-refractivity contribution in [3.8, 4) is 0 Å². The molecule has 0 amide bonds. The molecule has 1 aliphatic rings. The highest BCUT2D eigenvalue weighted by molar-refractivity contribution is 9.10. The standard InChI is InChI=1S/C13H16BrNO4S/c14-10-3-1-4-11(9-10)20(18,19)8-7-15-6-2-5-12(15)13(16)17/h1,3-4,9,12H,2,5-8H2,(H,16,17)/t12-/m0/s1. The van der Waals surface area contributed by atoms with Crippen LogP contribution in [0.1, 0.15) is 12.8 Å². The molecular formula is C13H16BrNO4S. The topological polar surface area (TPSA) is 74.7 Å². The van der Waals surface area contributed by atoms with Gasteiger partial charge in [-0.1, -0.05) is 22.0 Å². The zero-order valence-electron chi connectivity index (χ0n) is 10.8. The highest BCUT2D eigenvalue weighted by Gasteiger charge is 2.31. The largest absolute Gasteiger partial charge is 0.480 e. The fourth-order valence-corrected chi connectivity index (χ4v) is 4.24. The van der Waals surface area contributed by atoms with Crippen molar-refractivity contribution < 1.29 is 18.3 Å². The number of rotatable bonds is 5. The Bertz CT molecular complexity index is 602. The molecular weight excluding hydrogens is 346 g/mol. The van der Waals surface area contributed by atoms with Gasteiger partial charge >= 0.3 is 5.97 Å². The predicted molar refractivity (Wildman–Crippen MR) is 78.4 cm³/mol. The molecule has 0 saturated carbocycles. The number of carboxylic acid groups (broad SMARTS) is 1. The van der Waals surface area contributed by atoms with Crippen LogP contribution in [0.2, 0.25) is 0 Å². The number of hydrogen-bond acceptors (Lipinski definition) is 4. The minimum Gasteiger partial charge on any atom is -0.480 e. The maximum Gasteiger partial charge on any atom is 0.320 e. The zero-order chi connectivity index (χ0) is 14.8. The van der Waals surface area contributed by atoms with Gasteiger partial charge in [0.25, 0.3) is 0 Å². The Kier molecular flexibility index (Phi) is 4.82. The third kappa shape index (κ3) is 3.59. The lowest BCUT2D eigenvalue weighted by Gasteiger charge is -2.20. The predicted octanol–water partition coefficient (Wildman–Crippen LogP) is 1.77. The number of sulfone groups is 1. The van der Waals surface area contributed by atoms with Crippen LogP contribution in [0, 0.1) is 0 Å². The molecule has 1 saturated heterocycles. The molecule has 0 bridgehead atoms. The van der Waals surface area contributed by atoms with E-state index < -0.39 is 21.8 Å². The van der Waals surface area contributed by atoms with Crippen LogP contribution in [-0.4, -0.2) is 49.3 Å². The Morgan fingerprint density at radius 2 is 2.20 bits per heavy atom. The molecule has 0 aliphatic carbocycles. The minimum absolute atomic E-state index is 0.0623. The fourth-order valence-electron chi connectivity index (χ4n) is 2.39. The quantitative estimate of drug-likeness (QED) is 0.864. The van der Waals surface area contributed by atoms with Crippen molar-refractivity contribution in [1.82, 2.24) is 4.90 Å². The van der Waals surface area contributed by atoms with E-state index in [4.69, 9.17) is 5.11 Å². The first-order valence-corrected chi connectivity index (χ1v) is 8.80. The van der Waals surface area contributed by atoms with Crippen LogP contribution in [0.15, 0.2) is 33.6 Å². The van der Waals surface area contributed by atoms with E-state index in [0.717, 1.165) is 6.42 Å². The first kappa shape index (κ1) is 15.5. The second-order valence-electron chi connectivity index (χ2n) is 4.81. The summed E-state index contributed by atoms with van der Waals surface area (Å²) in [5.41, 5.74) is 0. The van der Waals surface area contributed by atoms with Crippen LogP contribution >= 0.6 is 15.9 Å².